The van der Waals surface area contributed by atoms with Crippen LogP contribution in [0, 0.1) is 0 Å². The molecule has 23 heavy (non-hydrogen) atoms. The lowest BCUT2D eigenvalue weighted by atomic mass is 10.2. The Morgan fingerprint density at radius 2 is 2.17 bits per heavy atom. The molecule has 3 amide bonds. The molecule has 1 aliphatic rings. The van der Waals surface area contributed by atoms with E-state index in [2.05, 4.69) is 5.32 Å². The summed E-state index contributed by atoms with van der Waals surface area (Å²) in [6.45, 7) is -1.33. The number of anilines is 1. The van der Waals surface area contributed by atoms with Gasteiger partial charge in [0.25, 0.3) is 0 Å². The summed E-state index contributed by atoms with van der Waals surface area (Å²) in [5.41, 5.74) is 0.437. The van der Waals surface area contributed by atoms with Gasteiger partial charge in [0.1, 0.15) is 12.6 Å². The second kappa shape index (κ2) is 6.66. The molecule has 9 heteroatoms. The van der Waals surface area contributed by atoms with Crippen molar-refractivity contribution in [3.05, 3.63) is 29.3 Å². The van der Waals surface area contributed by atoms with E-state index in [1.54, 1.807) is 18.2 Å². The number of benzene rings is 1. The number of carbonyl (C=O) groups excluding carboxylic acids is 2. The zero-order valence-corrected chi connectivity index (χ0v) is 13.0. The Balaban J connectivity index is 1.99. The highest BCUT2D eigenvalue weighted by molar-refractivity contribution is 6.30. The Labute approximate surface area is 136 Å². The molecule has 126 valence electrons. The average molecular weight is 350 g/mol. The van der Waals surface area contributed by atoms with Gasteiger partial charge in [0.15, 0.2) is 0 Å². The standard InChI is InChI=1S/C14H15ClF3N3O2/c1-20(13(23)19-10-4-2-3-9(15)7-10)11-5-6-21(12(11)22)8-14(16,17)18/h2-4,7,11H,5-6,8H2,1H3,(H,19,23)/t11-/m0/s1. The number of nitrogens with one attached hydrogen (secondary N) is 1. The molecule has 0 aliphatic carbocycles. The number of nitrogens with zero attached hydrogens (tertiary/aromatic N) is 2. The minimum Gasteiger partial charge on any atom is -0.332 e. The van der Waals surface area contributed by atoms with Crippen molar-refractivity contribution in [3.63, 3.8) is 0 Å². The van der Waals surface area contributed by atoms with E-state index in [9.17, 15) is 22.8 Å². The van der Waals surface area contributed by atoms with Crippen molar-refractivity contribution in [2.24, 2.45) is 0 Å². The van der Waals surface area contributed by atoms with Crippen LogP contribution in [0.3, 0.4) is 0 Å². The number of hydrogen-bond donors (Lipinski definition) is 1. The van der Waals surface area contributed by atoms with E-state index in [0.717, 1.165) is 4.90 Å². The quantitative estimate of drug-likeness (QED) is 0.912. The molecular formula is C14H15ClF3N3O2. The number of alkyl halides is 3. The number of amides is 3. The molecule has 2 rings (SSSR count). The van der Waals surface area contributed by atoms with Crippen LogP contribution in [0.4, 0.5) is 23.7 Å². The Bertz CT molecular complexity index is 609. The molecule has 5 nitrogen and oxygen atoms in total. The second-order valence-electron chi connectivity index (χ2n) is 5.23. The van der Waals surface area contributed by atoms with Gasteiger partial charge in [-0.2, -0.15) is 13.2 Å². The smallest absolute Gasteiger partial charge is 0.332 e. The van der Waals surface area contributed by atoms with Crippen LogP contribution in [0.15, 0.2) is 24.3 Å². The molecule has 1 heterocycles. The monoisotopic (exact) mass is 349 g/mol. The fourth-order valence-corrected chi connectivity index (χ4v) is 2.56. The third-order valence-corrected chi connectivity index (χ3v) is 3.74. The molecule has 0 saturated carbocycles. The molecular weight excluding hydrogens is 335 g/mol. The van der Waals surface area contributed by atoms with E-state index >= 15 is 0 Å². The minimum atomic E-state index is -4.45. The maximum atomic E-state index is 12.4. The van der Waals surface area contributed by atoms with Gasteiger partial charge in [-0.05, 0) is 24.6 Å². The van der Waals surface area contributed by atoms with Crippen LogP contribution in [0.2, 0.25) is 5.02 Å². The highest BCUT2D eigenvalue weighted by Crippen LogP contribution is 2.23. The molecule has 0 aromatic heterocycles. The van der Waals surface area contributed by atoms with Gasteiger partial charge >= 0.3 is 12.2 Å². The third kappa shape index (κ3) is 4.51. The van der Waals surface area contributed by atoms with Gasteiger partial charge in [-0.25, -0.2) is 4.79 Å². The van der Waals surface area contributed by atoms with E-state index in [1.807, 2.05) is 0 Å². The fourth-order valence-electron chi connectivity index (χ4n) is 2.37. The lowest BCUT2D eigenvalue weighted by Crippen LogP contribution is -2.46. The first-order chi connectivity index (χ1) is 10.7. The topological polar surface area (TPSA) is 52.7 Å². The predicted molar refractivity (Wildman–Crippen MR) is 79.3 cm³/mol. The number of likely N-dealkylation sites (N-methyl/N-ethyl adjacent to an activating group) is 1. The molecule has 0 bridgehead atoms. The summed E-state index contributed by atoms with van der Waals surface area (Å²) < 4.78 is 37.2. The van der Waals surface area contributed by atoms with Crippen molar-refractivity contribution in [2.45, 2.75) is 18.6 Å². The minimum absolute atomic E-state index is 0.0300. The highest BCUT2D eigenvalue weighted by Gasteiger charge is 2.41. The number of hydrogen-bond acceptors (Lipinski definition) is 2. The Kier molecular flexibility index (Phi) is 5.03. The normalized spacial score (nSPS) is 18.2. The SMILES string of the molecule is CN(C(=O)Nc1cccc(Cl)c1)[C@H]1CCN(CC(F)(F)F)C1=O. The highest BCUT2D eigenvalue weighted by atomic mass is 35.5. The summed E-state index contributed by atoms with van der Waals surface area (Å²) in [6.07, 6.45) is -4.29. The number of halogens is 4. The zero-order chi connectivity index (χ0) is 17.2. The van der Waals surface area contributed by atoms with E-state index in [4.69, 9.17) is 11.6 Å². The summed E-state index contributed by atoms with van der Waals surface area (Å²) >= 11 is 5.81. The Morgan fingerprint density at radius 1 is 1.48 bits per heavy atom. The van der Waals surface area contributed by atoms with Gasteiger partial charge in [0.05, 0.1) is 0 Å². The summed E-state index contributed by atoms with van der Waals surface area (Å²) in [5, 5.41) is 2.98. The van der Waals surface area contributed by atoms with Crippen LogP contribution in [-0.4, -0.2) is 54.1 Å². The fraction of sp³-hybridized carbons (Fsp3) is 0.429. The summed E-state index contributed by atoms with van der Waals surface area (Å²) in [4.78, 5) is 26.0. The number of rotatable bonds is 3. The Morgan fingerprint density at radius 3 is 2.78 bits per heavy atom. The van der Waals surface area contributed by atoms with Crippen molar-refractivity contribution >= 4 is 29.2 Å². The number of likely N-dealkylation sites (tertiary alicyclic amines) is 1. The molecule has 1 aliphatic heterocycles. The summed E-state index contributed by atoms with van der Waals surface area (Å²) in [5.74, 6) is -0.703. The number of carbonyl (C=O) groups is 2. The second-order valence-corrected chi connectivity index (χ2v) is 5.67. The van der Waals surface area contributed by atoms with E-state index in [0.29, 0.717) is 15.6 Å². The van der Waals surface area contributed by atoms with Crippen molar-refractivity contribution in [1.29, 1.82) is 0 Å². The first-order valence-electron chi connectivity index (χ1n) is 6.82. The molecule has 0 unspecified atom stereocenters. The largest absolute Gasteiger partial charge is 0.406 e. The average Bonchev–Trinajstić information content (AvgIpc) is 2.77. The van der Waals surface area contributed by atoms with Gasteiger partial charge in [0.2, 0.25) is 5.91 Å². The van der Waals surface area contributed by atoms with Crippen LogP contribution < -0.4 is 5.32 Å². The van der Waals surface area contributed by atoms with Crippen LogP contribution >= 0.6 is 11.6 Å². The molecule has 1 saturated heterocycles. The zero-order valence-electron chi connectivity index (χ0n) is 12.2. The summed E-state index contributed by atoms with van der Waals surface area (Å²) in [6, 6.07) is 4.93. The molecule has 1 atom stereocenters. The van der Waals surface area contributed by atoms with Crippen LogP contribution in [0.5, 0.6) is 0 Å². The first-order valence-corrected chi connectivity index (χ1v) is 7.20. The van der Waals surface area contributed by atoms with E-state index in [1.165, 1.54) is 13.1 Å². The number of urea groups is 1. The van der Waals surface area contributed by atoms with Gasteiger partial charge in [-0.3, -0.25) is 4.79 Å². The lowest BCUT2D eigenvalue weighted by Gasteiger charge is -2.24. The van der Waals surface area contributed by atoms with Gasteiger partial charge in [0, 0.05) is 24.3 Å². The van der Waals surface area contributed by atoms with Crippen molar-refractivity contribution in [3.8, 4) is 0 Å². The summed E-state index contributed by atoms with van der Waals surface area (Å²) in [7, 11) is 1.37. The molecule has 0 radical (unpaired) electrons. The third-order valence-electron chi connectivity index (χ3n) is 3.50. The maximum absolute atomic E-state index is 12.4. The van der Waals surface area contributed by atoms with E-state index < -0.39 is 30.7 Å². The maximum Gasteiger partial charge on any atom is 0.406 e. The lowest BCUT2D eigenvalue weighted by molar-refractivity contribution is -0.158. The molecule has 1 N–H and O–H groups in total. The molecule has 0 spiro atoms. The molecule has 1 aromatic rings. The van der Waals surface area contributed by atoms with Gasteiger partial charge in [-0.1, -0.05) is 17.7 Å². The van der Waals surface area contributed by atoms with Crippen LogP contribution in [0.25, 0.3) is 0 Å². The van der Waals surface area contributed by atoms with Gasteiger partial charge < -0.3 is 15.1 Å². The van der Waals surface area contributed by atoms with Crippen molar-refractivity contribution < 1.29 is 22.8 Å². The molecule has 1 aromatic carbocycles. The van der Waals surface area contributed by atoms with Crippen molar-refractivity contribution in [2.75, 3.05) is 25.5 Å². The first kappa shape index (κ1) is 17.4. The van der Waals surface area contributed by atoms with Crippen molar-refractivity contribution in [1.82, 2.24) is 9.80 Å². The van der Waals surface area contributed by atoms with Crippen LogP contribution in [-0.2, 0) is 4.79 Å². The van der Waals surface area contributed by atoms with E-state index in [-0.39, 0.29) is 13.0 Å². The Hall–Kier alpha value is -1.96. The van der Waals surface area contributed by atoms with Gasteiger partial charge in [-0.15, -0.1) is 0 Å². The predicted octanol–water partition coefficient (Wildman–Crippen LogP) is 2.97. The van der Waals surface area contributed by atoms with Crippen LogP contribution in [0.1, 0.15) is 6.42 Å². The molecule has 1 fully saturated rings.